The molecule has 0 aromatic heterocycles. The van der Waals surface area contributed by atoms with E-state index in [9.17, 15) is 4.79 Å². The summed E-state index contributed by atoms with van der Waals surface area (Å²) in [4.78, 5) is 11.7. The lowest BCUT2D eigenvalue weighted by atomic mass is 9.84. The van der Waals surface area contributed by atoms with Crippen LogP contribution in [0.15, 0.2) is 54.6 Å². The summed E-state index contributed by atoms with van der Waals surface area (Å²) in [6.45, 7) is 6.55. The fraction of sp³-hybridized carbons (Fsp3) is 0.261. The van der Waals surface area contributed by atoms with Gasteiger partial charge in [-0.3, -0.25) is 0 Å². The molecule has 0 unspecified atom stereocenters. The summed E-state index contributed by atoms with van der Waals surface area (Å²) in [5.41, 5.74) is 4.02. The van der Waals surface area contributed by atoms with E-state index in [4.69, 9.17) is 9.47 Å². The summed E-state index contributed by atoms with van der Waals surface area (Å²) in [5, 5.41) is 2.10. The Morgan fingerprint density at radius 1 is 0.808 bits per heavy atom. The van der Waals surface area contributed by atoms with Crippen LogP contribution in [0.4, 0.5) is 0 Å². The molecule has 3 aromatic carbocycles. The zero-order chi connectivity index (χ0) is 18.9. The Kier molecular flexibility index (Phi) is 4.73. The van der Waals surface area contributed by atoms with Gasteiger partial charge in [0.2, 0.25) is 0 Å². The summed E-state index contributed by atoms with van der Waals surface area (Å²) in [6.07, 6.45) is 0. The van der Waals surface area contributed by atoms with Crippen LogP contribution in [0, 0.1) is 0 Å². The third-order valence-electron chi connectivity index (χ3n) is 4.60. The molecule has 134 valence electrons. The highest BCUT2D eigenvalue weighted by molar-refractivity contribution is 5.96. The Labute approximate surface area is 154 Å². The van der Waals surface area contributed by atoms with Crippen molar-refractivity contribution in [2.75, 3.05) is 14.2 Å². The molecule has 0 atom stereocenters. The van der Waals surface area contributed by atoms with E-state index < -0.39 is 0 Å². The van der Waals surface area contributed by atoms with E-state index in [1.54, 1.807) is 13.2 Å². The second-order valence-electron chi connectivity index (χ2n) is 7.43. The molecule has 3 rings (SSSR count). The van der Waals surface area contributed by atoms with E-state index in [-0.39, 0.29) is 11.4 Å². The van der Waals surface area contributed by atoms with Crippen molar-refractivity contribution in [3.8, 4) is 16.9 Å². The van der Waals surface area contributed by atoms with Crippen LogP contribution < -0.4 is 4.74 Å². The number of carbonyl (C=O) groups excluding carboxylic acids is 1. The van der Waals surface area contributed by atoms with E-state index in [1.807, 2.05) is 24.3 Å². The van der Waals surface area contributed by atoms with Crippen LogP contribution in [-0.2, 0) is 10.2 Å². The SMILES string of the molecule is COC(=O)c1ccc2cc(-c3ccc(OC)c(C(C)(C)C)c3)ccc2c1. The molecule has 26 heavy (non-hydrogen) atoms. The van der Waals surface area contributed by atoms with E-state index in [2.05, 4.69) is 45.0 Å². The van der Waals surface area contributed by atoms with Crippen molar-refractivity contribution in [2.45, 2.75) is 26.2 Å². The lowest BCUT2D eigenvalue weighted by Gasteiger charge is -2.23. The molecule has 0 saturated carbocycles. The zero-order valence-electron chi connectivity index (χ0n) is 15.9. The van der Waals surface area contributed by atoms with Crippen molar-refractivity contribution < 1.29 is 14.3 Å². The van der Waals surface area contributed by atoms with Crippen molar-refractivity contribution in [3.63, 3.8) is 0 Å². The van der Waals surface area contributed by atoms with E-state index in [1.165, 1.54) is 12.7 Å². The van der Waals surface area contributed by atoms with Gasteiger partial charge in [-0.05, 0) is 57.6 Å². The first-order chi connectivity index (χ1) is 12.3. The number of rotatable bonds is 3. The van der Waals surface area contributed by atoms with Gasteiger partial charge in [0.25, 0.3) is 0 Å². The van der Waals surface area contributed by atoms with Gasteiger partial charge in [0.15, 0.2) is 0 Å². The Morgan fingerprint density at radius 3 is 2.08 bits per heavy atom. The van der Waals surface area contributed by atoms with Crippen molar-refractivity contribution in [3.05, 3.63) is 65.7 Å². The maximum absolute atomic E-state index is 11.7. The summed E-state index contributed by atoms with van der Waals surface area (Å²) < 4.78 is 10.3. The average molecular weight is 348 g/mol. The summed E-state index contributed by atoms with van der Waals surface area (Å²) in [6, 6.07) is 18.2. The predicted molar refractivity (Wildman–Crippen MR) is 106 cm³/mol. The highest BCUT2D eigenvalue weighted by atomic mass is 16.5. The Bertz CT molecular complexity index is 965. The lowest BCUT2D eigenvalue weighted by Crippen LogP contribution is -2.12. The minimum absolute atomic E-state index is 0.00633. The number of hydrogen-bond acceptors (Lipinski definition) is 3. The molecular weight excluding hydrogens is 324 g/mol. The van der Waals surface area contributed by atoms with Gasteiger partial charge >= 0.3 is 5.97 Å². The van der Waals surface area contributed by atoms with Crippen LogP contribution in [0.2, 0.25) is 0 Å². The first-order valence-corrected chi connectivity index (χ1v) is 8.64. The van der Waals surface area contributed by atoms with E-state index in [0.717, 1.165) is 27.6 Å². The molecule has 3 heteroatoms. The second kappa shape index (κ2) is 6.83. The monoisotopic (exact) mass is 348 g/mol. The molecule has 3 aromatic rings. The molecule has 3 nitrogen and oxygen atoms in total. The van der Waals surface area contributed by atoms with Crippen molar-refractivity contribution in [1.82, 2.24) is 0 Å². The van der Waals surface area contributed by atoms with Gasteiger partial charge in [-0.15, -0.1) is 0 Å². The fourth-order valence-corrected chi connectivity index (χ4v) is 3.14. The number of esters is 1. The summed E-state index contributed by atoms with van der Waals surface area (Å²) in [5.74, 6) is 0.589. The summed E-state index contributed by atoms with van der Waals surface area (Å²) in [7, 11) is 3.10. The van der Waals surface area contributed by atoms with Crippen LogP contribution >= 0.6 is 0 Å². The molecule has 0 saturated heterocycles. The molecule has 0 radical (unpaired) electrons. The number of methoxy groups -OCH3 is 2. The maximum Gasteiger partial charge on any atom is 0.337 e. The highest BCUT2D eigenvalue weighted by Crippen LogP contribution is 2.35. The van der Waals surface area contributed by atoms with Crippen LogP contribution in [0.25, 0.3) is 21.9 Å². The van der Waals surface area contributed by atoms with Crippen LogP contribution in [0.5, 0.6) is 5.75 Å². The van der Waals surface area contributed by atoms with Crippen molar-refractivity contribution in [2.24, 2.45) is 0 Å². The van der Waals surface area contributed by atoms with E-state index >= 15 is 0 Å². The predicted octanol–water partition coefficient (Wildman–Crippen LogP) is 5.60. The topological polar surface area (TPSA) is 35.5 Å². The molecule has 0 aliphatic carbocycles. The minimum atomic E-state index is -0.319. The Balaban J connectivity index is 2.07. The number of fused-ring (bicyclic) bond motifs is 1. The molecule has 0 fully saturated rings. The molecule has 0 amide bonds. The van der Waals surface area contributed by atoms with E-state index in [0.29, 0.717) is 5.56 Å². The van der Waals surface area contributed by atoms with Gasteiger partial charge in [-0.2, -0.15) is 0 Å². The largest absolute Gasteiger partial charge is 0.496 e. The fourth-order valence-electron chi connectivity index (χ4n) is 3.14. The third kappa shape index (κ3) is 3.43. The maximum atomic E-state index is 11.7. The minimum Gasteiger partial charge on any atom is -0.496 e. The highest BCUT2D eigenvalue weighted by Gasteiger charge is 2.19. The van der Waals surface area contributed by atoms with Gasteiger partial charge in [-0.25, -0.2) is 4.79 Å². The zero-order valence-corrected chi connectivity index (χ0v) is 15.9. The normalized spacial score (nSPS) is 11.4. The van der Waals surface area contributed by atoms with Crippen LogP contribution in [0.3, 0.4) is 0 Å². The van der Waals surface area contributed by atoms with Crippen LogP contribution in [-0.4, -0.2) is 20.2 Å². The number of ether oxygens (including phenoxy) is 2. The smallest absolute Gasteiger partial charge is 0.337 e. The molecular formula is C23H24O3. The molecule has 0 heterocycles. The second-order valence-corrected chi connectivity index (χ2v) is 7.43. The van der Waals surface area contributed by atoms with Gasteiger partial charge < -0.3 is 9.47 Å². The first-order valence-electron chi connectivity index (χ1n) is 8.64. The van der Waals surface area contributed by atoms with Gasteiger partial charge in [-0.1, -0.05) is 45.0 Å². The first kappa shape index (κ1) is 18.0. The Hall–Kier alpha value is -2.81. The molecule has 0 spiro atoms. The number of benzene rings is 3. The lowest BCUT2D eigenvalue weighted by molar-refractivity contribution is 0.0601. The van der Waals surface area contributed by atoms with Gasteiger partial charge in [0.05, 0.1) is 19.8 Å². The molecule has 0 bridgehead atoms. The molecule has 0 aliphatic heterocycles. The Morgan fingerprint density at radius 2 is 1.42 bits per heavy atom. The van der Waals surface area contributed by atoms with Gasteiger partial charge in [0.1, 0.15) is 5.75 Å². The van der Waals surface area contributed by atoms with Gasteiger partial charge in [0, 0.05) is 5.56 Å². The third-order valence-corrected chi connectivity index (χ3v) is 4.60. The van der Waals surface area contributed by atoms with Crippen molar-refractivity contribution in [1.29, 1.82) is 0 Å². The molecule has 0 N–H and O–H groups in total. The standard InChI is InChI=1S/C23H24O3/c1-23(2,3)20-14-18(10-11-21(20)25-4)16-6-7-17-13-19(22(24)26-5)9-8-15(17)12-16/h6-14H,1-5H3. The number of hydrogen-bond donors (Lipinski definition) is 0. The van der Waals surface area contributed by atoms with Crippen LogP contribution in [0.1, 0.15) is 36.7 Å². The van der Waals surface area contributed by atoms with Crippen molar-refractivity contribution >= 4 is 16.7 Å². The molecule has 0 aliphatic rings. The average Bonchev–Trinajstić information content (AvgIpc) is 2.65. The number of carbonyl (C=O) groups is 1. The summed E-state index contributed by atoms with van der Waals surface area (Å²) >= 11 is 0. The quantitative estimate of drug-likeness (QED) is 0.578.